The summed E-state index contributed by atoms with van der Waals surface area (Å²) in [6, 6.07) is 9.93. The maximum Gasteiger partial charge on any atom is 0.312 e. The van der Waals surface area contributed by atoms with E-state index >= 15 is 0 Å². The molecular weight excluding hydrogens is 351 g/mol. The van der Waals surface area contributed by atoms with Crippen molar-refractivity contribution in [2.45, 2.75) is 19.4 Å². The third kappa shape index (κ3) is 5.42. The number of halogens is 2. The first kappa shape index (κ1) is 18.7. The predicted octanol–water partition coefficient (Wildman–Crippen LogP) is 3.51. The number of nitro groups is 1. The number of benzene rings is 2. The second-order valence-electron chi connectivity index (χ2n) is 5.30. The van der Waals surface area contributed by atoms with Gasteiger partial charge < -0.3 is 10.1 Å². The predicted molar refractivity (Wildman–Crippen MR) is 91.3 cm³/mol. The van der Waals surface area contributed by atoms with Crippen LogP contribution in [-0.2, 0) is 11.2 Å². The van der Waals surface area contributed by atoms with Crippen LogP contribution in [0, 0.1) is 15.9 Å². The van der Waals surface area contributed by atoms with Crippen LogP contribution in [0.15, 0.2) is 42.5 Å². The van der Waals surface area contributed by atoms with E-state index in [1.54, 1.807) is 12.1 Å². The van der Waals surface area contributed by atoms with Crippen molar-refractivity contribution < 1.29 is 18.8 Å². The molecule has 2 rings (SSSR count). The topological polar surface area (TPSA) is 81.5 Å². The van der Waals surface area contributed by atoms with E-state index in [4.69, 9.17) is 16.3 Å². The summed E-state index contributed by atoms with van der Waals surface area (Å²) in [5, 5.41) is 13.9. The Labute approximate surface area is 148 Å². The van der Waals surface area contributed by atoms with E-state index in [9.17, 15) is 19.3 Å². The normalized spacial score (nSPS) is 11.6. The quantitative estimate of drug-likeness (QED) is 0.600. The molecule has 1 N–H and O–H groups in total. The molecule has 0 aliphatic heterocycles. The van der Waals surface area contributed by atoms with Gasteiger partial charge in [0.1, 0.15) is 5.82 Å². The van der Waals surface area contributed by atoms with Gasteiger partial charge in [-0.2, -0.15) is 0 Å². The van der Waals surface area contributed by atoms with E-state index in [0.29, 0.717) is 13.0 Å². The van der Waals surface area contributed by atoms with E-state index in [0.717, 1.165) is 11.6 Å². The van der Waals surface area contributed by atoms with Crippen LogP contribution in [0.2, 0.25) is 5.02 Å². The molecule has 0 radical (unpaired) electrons. The monoisotopic (exact) mass is 366 g/mol. The molecule has 0 spiro atoms. The van der Waals surface area contributed by atoms with Crippen molar-refractivity contribution in [3.63, 3.8) is 0 Å². The van der Waals surface area contributed by atoms with Crippen molar-refractivity contribution in [2.24, 2.45) is 0 Å². The Hall–Kier alpha value is -2.67. The fourth-order valence-electron chi connectivity index (χ4n) is 2.10. The van der Waals surface area contributed by atoms with E-state index < -0.39 is 16.9 Å². The minimum absolute atomic E-state index is 0.0319. The van der Waals surface area contributed by atoms with Crippen molar-refractivity contribution in [2.75, 3.05) is 6.54 Å². The summed E-state index contributed by atoms with van der Waals surface area (Å²) in [6.07, 6.45) is -0.395. The van der Waals surface area contributed by atoms with Gasteiger partial charge in [-0.3, -0.25) is 14.9 Å². The molecule has 0 aliphatic rings. The first-order chi connectivity index (χ1) is 11.9. The smallest absolute Gasteiger partial charge is 0.312 e. The van der Waals surface area contributed by atoms with Crippen LogP contribution in [0.5, 0.6) is 5.75 Å². The molecular formula is C17H16ClFN2O4. The van der Waals surface area contributed by atoms with Gasteiger partial charge in [0, 0.05) is 17.6 Å². The molecule has 132 valence electrons. The molecule has 2 aromatic rings. The van der Waals surface area contributed by atoms with Crippen molar-refractivity contribution in [3.05, 3.63) is 69.0 Å². The molecule has 0 saturated carbocycles. The number of hydrogen-bond acceptors (Lipinski definition) is 4. The van der Waals surface area contributed by atoms with Crippen molar-refractivity contribution in [3.8, 4) is 5.75 Å². The van der Waals surface area contributed by atoms with E-state index in [2.05, 4.69) is 5.32 Å². The Morgan fingerprint density at radius 2 is 2.00 bits per heavy atom. The Kier molecular flexibility index (Phi) is 6.30. The van der Waals surface area contributed by atoms with Crippen LogP contribution in [0.3, 0.4) is 0 Å². The highest BCUT2D eigenvalue weighted by Gasteiger charge is 2.21. The highest BCUT2D eigenvalue weighted by atomic mass is 35.5. The lowest BCUT2D eigenvalue weighted by Crippen LogP contribution is -2.37. The number of nitro benzene ring substituents is 1. The molecule has 25 heavy (non-hydrogen) atoms. The summed E-state index contributed by atoms with van der Waals surface area (Å²) in [7, 11) is 0. The molecule has 0 aliphatic carbocycles. The summed E-state index contributed by atoms with van der Waals surface area (Å²) in [5.41, 5.74) is 0.571. The zero-order valence-corrected chi connectivity index (χ0v) is 14.1. The van der Waals surface area contributed by atoms with Gasteiger partial charge in [-0.1, -0.05) is 23.7 Å². The van der Waals surface area contributed by atoms with Crippen LogP contribution >= 0.6 is 11.6 Å². The number of nitrogens with one attached hydrogen (secondary N) is 1. The molecule has 1 atom stereocenters. The molecule has 0 aromatic heterocycles. The molecule has 0 fully saturated rings. The van der Waals surface area contributed by atoms with Crippen molar-refractivity contribution >= 4 is 23.2 Å². The molecule has 1 amide bonds. The number of ether oxygens (including phenoxy) is 1. The fraction of sp³-hybridized carbons (Fsp3) is 0.235. The zero-order valence-electron chi connectivity index (χ0n) is 13.4. The number of amides is 1. The summed E-state index contributed by atoms with van der Waals surface area (Å²) in [6.45, 7) is 1.83. The van der Waals surface area contributed by atoms with Gasteiger partial charge in [-0.05, 0) is 43.2 Å². The summed E-state index contributed by atoms with van der Waals surface area (Å²) < 4.78 is 18.2. The number of carbonyl (C=O) groups is 1. The molecule has 0 saturated heterocycles. The van der Waals surface area contributed by atoms with Gasteiger partial charge in [-0.15, -0.1) is 0 Å². The van der Waals surface area contributed by atoms with Crippen molar-refractivity contribution in [1.29, 1.82) is 0 Å². The maximum atomic E-state index is 12.8. The fourth-order valence-corrected chi connectivity index (χ4v) is 2.27. The SMILES string of the molecule is C[C@H](Oc1ccc(Cl)cc1[N+](=O)[O-])C(=O)NCCc1ccc(F)cc1. The van der Waals surface area contributed by atoms with Crippen LogP contribution in [0.4, 0.5) is 10.1 Å². The van der Waals surface area contributed by atoms with Crippen LogP contribution in [0.25, 0.3) is 0 Å². The average Bonchev–Trinajstić information content (AvgIpc) is 2.57. The van der Waals surface area contributed by atoms with Crippen molar-refractivity contribution in [1.82, 2.24) is 5.32 Å². The van der Waals surface area contributed by atoms with Gasteiger partial charge in [0.2, 0.25) is 0 Å². The number of hydrogen-bond donors (Lipinski definition) is 1. The largest absolute Gasteiger partial charge is 0.474 e. The number of carbonyl (C=O) groups excluding carboxylic acids is 1. The zero-order chi connectivity index (χ0) is 18.4. The third-order valence-corrected chi connectivity index (χ3v) is 3.65. The second-order valence-corrected chi connectivity index (χ2v) is 5.73. The minimum Gasteiger partial charge on any atom is -0.474 e. The molecule has 0 bridgehead atoms. The summed E-state index contributed by atoms with van der Waals surface area (Å²) in [5.74, 6) is -0.763. The van der Waals surface area contributed by atoms with Crippen LogP contribution in [-0.4, -0.2) is 23.5 Å². The van der Waals surface area contributed by atoms with E-state index in [1.165, 1.54) is 31.2 Å². The summed E-state index contributed by atoms with van der Waals surface area (Å²) in [4.78, 5) is 22.4. The minimum atomic E-state index is -0.923. The van der Waals surface area contributed by atoms with Gasteiger partial charge in [0.05, 0.1) is 4.92 Å². The molecule has 6 nitrogen and oxygen atoms in total. The van der Waals surface area contributed by atoms with Gasteiger partial charge >= 0.3 is 5.69 Å². The lowest BCUT2D eigenvalue weighted by Gasteiger charge is -2.15. The number of rotatable bonds is 7. The average molecular weight is 367 g/mol. The maximum absolute atomic E-state index is 12.8. The standard InChI is InChI=1S/C17H16ClFN2O4/c1-11(25-16-7-4-13(18)10-15(16)21(23)24)17(22)20-9-8-12-2-5-14(19)6-3-12/h2-7,10-11H,8-9H2,1H3,(H,20,22)/t11-/m0/s1. The Bertz CT molecular complexity index is 768. The highest BCUT2D eigenvalue weighted by Crippen LogP contribution is 2.30. The van der Waals surface area contributed by atoms with Crippen LogP contribution < -0.4 is 10.1 Å². The van der Waals surface area contributed by atoms with Gasteiger partial charge in [-0.25, -0.2) is 4.39 Å². The van der Waals surface area contributed by atoms with E-state index in [-0.39, 0.29) is 22.3 Å². The second kappa shape index (κ2) is 8.43. The highest BCUT2D eigenvalue weighted by molar-refractivity contribution is 6.30. The third-order valence-electron chi connectivity index (χ3n) is 3.42. The first-order valence-electron chi connectivity index (χ1n) is 7.49. The van der Waals surface area contributed by atoms with E-state index in [1.807, 2.05) is 0 Å². The molecule has 8 heteroatoms. The molecule has 2 aromatic carbocycles. The number of nitrogens with zero attached hydrogens (tertiary/aromatic N) is 1. The van der Waals surface area contributed by atoms with Gasteiger partial charge in [0.25, 0.3) is 5.91 Å². The Morgan fingerprint density at radius 1 is 1.32 bits per heavy atom. The lowest BCUT2D eigenvalue weighted by molar-refractivity contribution is -0.386. The summed E-state index contributed by atoms with van der Waals surface area (Å²) >= 11 is 5.73. The Balaban J connectivity index is 1.90. The first-order valence-corrected chi connectivity index (χ1v) is 7.87. The molecule has 0 unspecified atom stereocenters. The van der Waals surface area contributed by atoms with Gasteiger partial charge in [0.15, 0.2) is 11.9 Å². The molecule has 0 heterocycles. The Morgan fingerprint density at radius 3 is 2.64 bits per heavy atom. The lowest BCUT2D eigenvalue weighted by atomic mass is 10.1. The van der Waals surface area contributed by atoms with Crippen LogP contribution in [0.1, 0.15) is 12.5 Å².